The predicted octanol–water partition coefficient (Wildman–Crippen LogP) is 3.54. The van der Waals surface area contributed by atoms with Gasteiger partial charge in [-0.1, -0.05) is 15.9 Å². The zero-order valence-corrected chi connectivity index (χ0v) is 15.1. The lowest BCUT2D eigenvalue weighted by Crippen LogP contribution is -2.24. The van der Waals surface area contributed by atoms with E-state index in [9.17, 15) is 9.18 Å². The molecule has 0 atom stereocenters. The molecule has 24 heavy (non-hydrogen) atoms. The molecule has 0 fully saturated rings. The van der Waals surface area contributed by atoms with Gasteiger partial charge in [0.25, 0.3) is 5.91 Å². The molecule has 128 valence electrons. The molecule has 2 aromatic rings. The van der Waals surface area contributed by atoms with E-state index < -0.39 is 11.7 Å². The number of carbonyl (C=O) groups excluding carboxylic acids is 1. The Kier molecular flexibility index (Phi) is 6.03. The highest BCUT2D eigenvalue weighted by Gasteiger charge is 2.20. The van der Waals surface area contributed by atoms with E-state index in [-0.39, 0.29) is 17.9 Å². The maximum Gasteiger partial charge on any atom is 0.255 e. The smallest absolute Gasteiger partial charge is 0.255 e. The first-order valence-corrected chi connectivity index (χ1v) is 7.82. The van der Waals surface area contributed by atoms with Gasteiger partial charge in [-0.2, -0.15) is 0 Å². The Hall–Kier alpha value is -2.28. The summed E-state index contributed by atoms with van der Waals surface area (Å²) in [6.45, 7) is 0.0433. The summed E-state index contributed by atoms with van der Waals surface area (Å²) >= 11 is 3.28. The van der Waals surface area contributed by atoms with Gasteiger partial charge in [0.15, 0.2) is 11.5 Å². The quantitative estimate of drug-likeness (QED) is 0.809. The average Bonchev–Trinajstić information content (AvgIpc) is 2.60. The zero-order chi connectivity index (χ0) is 17.7. The van der Waals surface area contributed by atoms with Gasteiger partial charge in [-0.3, -0.25) is 4.79 Å². The molecule has 0 aliphatic heterocycles. The Labute approximate surface area is 147 Å². The van der Waals surface area contributed by atoms with Gasteiger partial charge in [0.05, 0.1) is 26.9 Å². The van der Waals surface area contributed by atoms with Crippen molar-refractivity contribution in [2.75, 3.05) is 21.3 Å². The highest BCUT2D eigenvalue weighted by molar-refractivity contribution is 9.10. The van der Waals surface area contributed by atoms with Gasteiger partial charge < -0.3 is 19.5 Å². The normalized spacial score (nSPS) is 10.2. The van der Waals surface area contributed by atoms with E-state index in [0.717, 1.165) is 4.47 Å². The molecule has 0 aliphatic carbocycles. The summed E-state index contributed by atoms with van der Waals surface area (Å²) in [5.41, 5.74) is 0.641. The van der Waals surface area contributed by atoms with Crippen molar-refractivity contribution >= 4 is 21.8 Å². The number of rotatable bonds is 6. The highest BCUT2D eigenvalue weighted by Crippen LogP contribution is 2.39. The molecule has 0 aliphatic rings. The molecule has 1 N–H and O–H groups in total. The topological polar surface area (TPSA) is 56.8 Å². The number of hydrogen-bond acceptors (Lipinski definition) is 4. The number of nitrogens with one attached hydrogen (secondary N) is 1. The number of hydrogen-bond donors (Lipinski definition) is 1. The Morgan fingerprint density at radius 2 is 1.79 bits per heavy atom. The van der Waals surface area contributed by atoms with Crippen LogP contribution in [-0.2, 0) is 6.54 Å². The molecule has 2 aromatic carbocycles. The first-order valence-electron chi connectivity index (χ1n) is 7.03. The minimum absolute atomic E-state index is 0.0433. The molecule has 0 saturated carbocycles. The van der Waals surface area contributed by atoms with Crippen LogP contribution in [0, 0.1) is 5.82 Å². The van der Waals surface area contributed by atoms with Crippen molar-refractivity contribution in [3.8, 4) is 17.2 Å². The molecular weight excluding hydrogens is 381 g/mol. The second kappa shape index (κ2) is 8.01. The van der Waals surface area contributed by atoms with Crippen LogP contribution in [0.25, 0.3) is 0 Å². The van der Waals surface area contributed by atoms with Gasteiger partial charge >= 0.3 is 0 Å². The zero-order valence-electron chi connectivity index (χ0n) is 13.5. The molecule has 0 bridgehead atoms. The Bertz CT molecular complexity index is 752. The van der Waals surface area contributed by atoms with Crippen LogP contribution in [0.1, 0.15) is 15.9 Å². The van der Waals surface area contributed by atoms with Crippen molar-refractivity contribution in [3.63, 3.8) is 0 Å². The van der Waals surface area contributed by atoms with Gasteiger partial charge in [0, 0.05) is 16.6 Å². The van der Waals surface area contributed by atoms with E-state index in [1.165, 1.54) is 27.4 Å². The number of amides is 1. The molecular formula is C17H17BrFNO4. The lowest BCUT2D eigenvalue weighted by molar-refractivity contribution is 0.0946. The van der Waals surface area contributed by atoms with Crippen molar-refractivity contribution in [1.29, 1.82) is 0 Å². The number of methoxy groups -OCH3 is 3. The van der Waals surface area contributed by atoms with Crippen LogP contribution in [0.5, 0.6) is 17.2 Å². The molecule has 0 radical (unpaired) electrons. The van der Waals surface area contributed by atoms with Crippen molar-refractivity contribution < 1.29 is 23.4 Å². The summed E-state index contributed by atoms with van der Waals surface area (Å²) < 4.78 is 30.2. The van der Waals surface area contributed by atoms with Crippen LogP contribution in [0.3, 0.4) is 0 Å². The van der Waals surface area contributed by atoms with Crippen LogP contribution in [0.15, 0.2) is 34.8 Å². The van der Waals surface area contributed by atoms with Crippen molar-refractivity contribution in [2.24, 2.45) is 0 Å². The number of halogens is 2. The summed E-state index contributed by atoms with van der Waals surface area (Å²) in [6.07, 6.45) is 0. The van der Waals surface area contributed by atoms with E-state index in [1.54, 1.807) is 24.3 Å². The maximum absolute atomic E-state index is 13.8. The first kappa shape index (κ1) is 18.1. The monoisotopic (exact) mass is 397 g/mol. The van der Waals surface area contributed by atoms with E-state index >= 15 is 0 Å². The standard InChI is InChI=1S/C17H17BrFNO4/c1-22-14-7-5-12(15(23-2)16(14)24-3)17(21)20-9-10-8-11(18)4-6-13(10)19/h4-8H,9H2,1-3H3,(H,20,21). The lowest BCUT2D eigenvalue weighted by atomic mass is 10.1. The van der Waals surface area contributed by atoms with Gasteiger partial charge in [0.2, 0.25) is 5.75 Å². The third-order valence-electron chi connectivity index (χ3n) is 3.40. The van der Waals surface area contributed by atoms with Crippen molar-refractivity contribution in [1.82, 2.24) is 5.32 Å². The fourth-order valence-corrected chi connectivity index (χ4v) is 2.64. The van der Waals surface area contributed by atoms with E-state index in [2.05, 4.69) is 21.2 Å². The number of carbonyl (C=O) groups is 1. The van der Waals surface area contributed by atoms with Crippen LogP contribution < -0.4 is 19.5 Å². The van der Waals surface area contributed by atoms with E-state index in [0.29, 0.717) is 17.1 Å². The summed E-state index contributed by atoms with van der Waals surface area (Å²) in [7, 11) is 4.38. The molecule has 0 saturated heterocycles. The predicted molar refractivity (Wildman–Crippen MR) is 91.4 cm³/mol. The molecule has 0 spiro atoms. The molecule has 2 rings (SSSR count). The van der Waals surface area contributed by atoms with Gasteiger partial charge in [-0.05, 0) is 30.3 Å². The number of ether oxygens (including phenoxy) is 3. The minimum atomic E-state index is -0.410. The Balaban J connectivity index is 2.25. The summed E-state index contributed by atoms with van der Waals surface area (Å²) in [6, 6.07) is 7.71. The van der Waals surface area contributed by atoms with Gasteiger partial charge in [-0.25, -0.2) is 4.39 Å². The van der Waals surface area contributed by atoms with Gasteiger partial charge in [-0.15, -0.1) is 0 Å². The van der Waals surface area contributed by atoms with Crippen LogP contribution in [-0.4, -0.2) is 27.2 Å². The van der Waals surface area contributed by atoms with Crippen LogP contribution in [0.2, 0.25) is 0 Å². The summed E-state index contributed by atoms with van der Waals surface area (Å²) in [4.78, 5) is 12.4. The van der Waals surface area contributed by atoms with Gasteiger partial charge in [0.1, 0.15) is 5.82 Å². The molecule has 5 nitrogen and oxygen atoms in total. The maximum atomic E-state index is 13.8. The van der Waals surface area contributed by atoms with Crippen LogP contribution >= 0.6 is 15.9 Å². The molecule has 0 heterocycles. The summed E-state index contributed by atoms with van der Waals surface area (Å²) in [5.74, 6) is 0.222. The lowest BCUT2D eigenvalue weighted by Gasteiger charge is -2.15. The molecule has 7 heteroatoms. The summed E-state index contributed by atoms with van der Waals surface area (Å²) in [5, 5.41) is 2.67. The number of benzene rings is 2. The largest absolute Gasteiger partial charge is 0.493 e. The SMILES string of the molecule is COc1ccc(C(=O)NCc2cc(Br)ccc2F)c(OC)c1OC. The van der Waals surface area contributed by atoms with Crippen molar-refractivity contribution in [2.45, 2.75) is 6.54 Å². The van der Waals surface area contributed by atoms with Crippen molar-refractivity contribution in [3.05, 3.63) is 51.7 Å². The highest BCUT2D eigenvalue weighted by atomic mass is 79.9. The van der Waals surface area contributed by atoms with E-state index in [1.807, 2.05) is 0 Å². The Morgan fingerprint density at radius 3 is 2.42 bits per heavy atom. The first-order chi connectivity index (χ1) is 11.5. The third-order valence-corrected chi connectivity index (χ3v) is 3.89. The second-order valence-corrected chi connectivity index (χ2v) is 5.72. The molecule has 0 unspecified atom stereocenters. The third kappa shape index (κ3) is 3.79. The Morgan fingerprint density at radius 1 is 1.08 bits per heavy atom. The molecule has 0 aromatic heterocycles. The second-order valence-electron chi connectivity index (χ2n) is 4.80. The fraction of sp³-hybridized carbons (Fsp3) is 0.235. The fourth-order valence-electron chi connectivity index (χ4n) is 2.23. The molecule has 1 amide bonds. The average molecular weight is 398 g/mol. The van der Waals surface area contributed by atoms with Crippen LogP contribution in [0.4, 0.5) is 4.39 Å². The van der Waals surface area contributed by atoms with E-state index in [4.69, 9.17) is 14.2 Å². The minimum Gasteiger partial charge on any atom is -0.493 e.